The average Bonchev–Trinajstić information content (AvgIpc) is 3.26. The van der Waals surface area contributed by atoms with Gasteiger partial charge in [-0.2, -0.15) is 49.6 Å². The molecule has 0 fully saturated rings. The first-order chi connectivity index (χ1) is 16.7. The van der Waals surface area contributed by atoms with Gasteiger partial charge in [-0.15, -0.1) is 12.1 Å². The Morgan fingerprint density at radius 1 is 0.892 bits per heavy atom. The van der Waals surface area contributed by atoms with Crippen molar-refractivity contribution in [3.05, 3.63) is 95.2 Å². The number of pyridine rings is 2. The summed E-state index contributed by atoms with van der Waals surface area (Å²) in [5, 5.41) is 3.96. The van der Waals surface area contributed by atoms with Gasteiger partial charge in [-0.1, -0.05) is 29.3 Å². The van der Waals surface area contributed by atoms with E-state index in [1.807, 2.05) is 0 Å². The Morgan fingerprint density at radius 3 is 2.22 bits per heavy atom. The van der Waals surface area contributed by atoms with E-state index < -0.39 is 46.5 Å². The van der Waals surface area contributed by atoms with Crippen LogP contribution in [0.15, 0.2) is 48.7 Å². The molecule has 3 aromatic heterocycles. The van der Waals surface area contributed by atoms with Crippen LogP contribution in [0.25, 0.3) is 16.9 Å². The predicted octanol–water partition coefficient (Wildman–Crippen LogP) is 6.57. The van der Waals surface area contributed by atoms with Gasteiger partial charge >= 0.3 is 33.4 Å². The second-order valence-electron chi connectivity index (χ2n) is 8.22. The largest absolute Gasteiger partial charge is 2.00 e. The van der Waals surface area contributed by atoms with Gasteiger partial charge in [0.1, 0.15) is 11.9 Å². The molecule has 0 saturated carbocycles. The van der Waals surface area contributed by atoms with Crippen LogP contribution >= 0.6 is 0 Å². The summed E-state index contributed by atoms with van der Waals surface area (Å²) < 4.78 is 109. The van der Waals surface area contributed by atoms with Crippen molar-refractivity contribution in [3.8, 4) is 16.9 Å². The smallest absolute Gasteiger partial charge is 0.300 e. The van der Waals surface area contributed by atoms with Crippen LogP contribution in [0.4, 0.5) is 35.1 Å². The Labute approximate surface area is 219 Å². The molecule has 0 radical (unpaired) electrons. The molecule has 0 spiro atoms. The molecule has 4 aromatic rings. The van der Waals surface area contributed by atoms with Gasteiger partial charge in [0.25, 0.3) is 0 Å². The van der Waals surface area contributed by atoms with Gasteiger partial charge in [-0.25, -0.2) is 8.78 Å². The third kappa shape index (κ3) is 5.74. The number of hydrogen-bond donors (Lipinski definition) is 0. The van der Waals surface area contributed by atoms with E-state index in [2.05, 4.69) is 27.2 Å². The van der Waals surface area contributed by atoms with E-state index in [0.29, 0.717) is 16.9 Å². The maximum absolute atomic E-state index is 14.1. The summed E-state index contributed by atoms with van der Waals surface area (Å²) in [4.78, 5) is 7.28. The minimum Gasteiger partial charge on any atom is -0.300 e. The van der Waals surface area contributed by atoms with Crippen LogP contribution in [0.2, 0.25) is 0 Å². The van der Waals surface area contributed by atoms with Gasteiger partial charge in [-0.3, -0.25) is 9.67 Å². The molecule has 1 aromatic carbocycles. The average molecular weight is 705 g/mol. The van der Waals surface area contributed by atoms with Crippen LogP contribution < -0.4 is 0 Å². The van der Waals surface area contributed by atoms with Crippen molar-refractivity contribution in [3.63, 3.8) is 0 Å². The predicted molar refractivity (Wildman–Crippen MR) is 111 cm³/mol. The number of hydrogen-bond acceptors (Lipinski definition) is 3. The molecule has 196 valence electrons. The number of rotatable bonds is 4. The van der Waals surface area contributed by atoms with Gasteiger partial charge in [0.05, 0.1) is 16.7 Å². The third-order valence-electron chi connectivity index (χ3n) is 5.36. The standard InChI is InChI=1S/C24H14F8N4.Pt/c1-22(2,18-8-4-7-17(33-18)15-9-10-19(25)34-21(15)26)20-16(24(30,31)32)12-36(35-20)14-6-3-5-13(11-14)23(27,28)29;/h3-5,7-8,10-12H,1-2H3;/q-2;+2. The molecule has 4 rings (SSSR count). The molecule has 0 aliphatic carbocycles. The number of alkyl halides is 6. The molecule has 13 heteroatoms. The van der Waals surface area contributed by atoms with Crippen molar-refractivity contribution >= 4 is 0 Å². The second-order valence-corrected chi connectivity index (χ2v) is 8.22. The van der Waals surface area contributed by atoms with Gasteiger partial charge in [-0.05, 0) is 31.3 Å². The first-order valence-corrected chi connectivity index (χ1v) is 10.2. The van der Waals surface area contributed by atoms with Crippen molar-refractivity contribution in [2.75, 3.05) is 0 Å². The van der Waals surface area contributed by atoms with Gasteiger partial charge in [0, 0.05) is 11.9 Å². The normalized spacial score (nSPS) is 12.4. The second kappa shape index (κ2) is 9.96. The third-order valence-corrected chi connectivity index (χ3v) is 5.36. The molecule has 0 aliphatic heterocycles. The fraction of sp³-hybridized carbons (Fsp3) is 0.208. The molecule has 0 bridgehead atoms. The number of benzene rings is 1. The van der Waals surface area contributed by atoms with Crippen LogP contribution in [0.5, 0.6) is 0 Å². The Kier molecular flexibility index (Phi) is 7.65. The molecule has 3 heterocycles. The maximum atomic E-state index is 14.1. The molecular formula is C24H14F8N4Pt. The van der Waals surface area contributed by atoms with E-state index in [-0.39, 0.29) is 43.7 Å². The van der Waals surface area contributed by atoms with Crippen LogP contribution in [0.3, 0.4) is 0 Å². The molecular weight excluding hydrogens is 691 g/mol. The van der Waals surface area contributed by atoms with E-state index in [1.54, 1.807) is 0 Å². The summed E-state index contributed by atoms with van der Waals surface area (Å²) in [6.07, 6.45) is -9.06. The summed E-state index contributed by atoms with van der Waals surface area (Å²) >= 11 is 0. The Hall–Kier alpha value is -3.14. The first-order valence-electron chi connectivity index (χ1n) is 10.2. The van der Waals surface area contributed by atoms with Crippen LogP contribution in [-0.2, 0) is 38.8 Å². The quantitative estimate of drug-likeness (QED) is 0.137. The number of halogens is 8. The number of aromatic nitrogens is 4. The van der Waals surface area contributed by atoms with Crippen molar-refractivity contribution in [1.82, 2.24) is 19.7 Å². The van der Waals surface area contributed by atoms with Crippen LogP contribution in [-0.4, -0.2) is 19.7 Å². The Morgan fingerprint density at radius 2 is 1.59 bits per heavy atom. The van der Waals surface area contributed by atoms with Gasteiger partial charge in [0.15, 0.2) is 0 Å². The Bertz CT molecular complexity index is 1430. The summed E-state index contributed by atoms with van der Waals surface area (Å²) in [6, 6.07) is 12.0. The molecule has 0 atom stereocenters. The summed E-state index contributed by atoms with van der Waals surface area (Å²) in [6.45, 7) is 2.75. The molecule has 0 amide bonds. The van der Waals surface area contributed by atoms with Crippen LogP contribution in [0.1, 0.15) is 36.4 Å². The van der Waals surface area contributed by atoms with Crippen molar-refractivity contribution in [2.45, 2.75) is 31.6 Å². The fourth-order valence-corrected chi connectivity index (χ4v) is 3.53. The zero-order valence-electron chi connectivity index (χ0n) is 18.7. The van der Waals surface area contributed by atoms with E-state index in [0.717, 1.165) is 18.2 Å². The van der Waals surface area contributed by atoms with Gasteiger partial charge in [0.2, 0.25) is 0 Å². The molecule has 0 unspecified atom stereocenters. The fourth-order valence-electron chi connectivity index (χ4n) is 3.53. The summed E-state index contributed by atoms with van der Waals surface area (Å²) in [5.41, 5.74) is -5.06. The molecule has 0 aliphatic rings. The molecule has 37 heavy (non-hydrogen) atoms. The SMILES string of the molecule is CC(C)(c1cccc(-c2[c-]cc(F)nc2F)n1)c1nn(-c2[c-]ccc(C(F)(F)F)c2)cc1C(F)(F)F.[Pt+2]. The van der Waals surface area contributed by atoms with E-state index in [1.165, 1.54) is 32.0 Å². The zero-order valence-corrected chi connectivity index (χ0v) is 21.0. The number of nitrogens with zero attached hydrogens (tertiary/aromatic N) is 4. The monoisotopic (exact) mass is 705 g/mol. The minimum atomic E-state index is -4.91. The minimum absolute atomic E-state index is 0. The Balaban J connectivity index is 0.00000380. The maximum Gasteiger partial charge on any atom is 2.00 e. The zero-order chi connectivity index (χ0) is 26.5. The topological polar surface area (TPSA) is 43.6 Å². The van der Waals surface area contributed by atoms with E-state index in [4.69, 9.17) is 0 Å². The molecule has 4 nitrogen and oxygen atoms in total. The van der Waals surface area contributed by atoms with E-state index >= 15 is 0 Å². The van der Waals surface area contributed by atoms with Gasteiger partial charge < -0.3 is 4.98 Å². The van der Waals surface area contributed by atoms with Crippen molar-refractivity contribution in [1.29, 1.82) is 0 Å². The summed E-state index contributed by atoms with van der Waals surface area (Å²) in [7, 11) is 0. The molecule has 0 N–H and O–H groups in total. The first kappa shape index (κ1) is 28.4. The van der Waals surface area contributed by atoms with E-state index in [9.17, 15) is 35.1 Å². The van der Waals surface area contributed by atoms with Crippen molar-refractivity contribution < 1.29 is 56.2 Å². The van der Waals surface area contributed by atoms with Crippen LogP contribution in [0, 0.1) is 24.0 Å². The summed E-state index contributed by atoms with van der Waals surface area (Å²) in [5.74, 6) is -2.32. The van der Waals surface area contributed by atoms with Crippen molar-refractivity contribution in [2.24, 2.45) is 0 Å². The molecule has 0 saturated heterocycles.